The number of nitrogens with zero attached hydrogens (tertiary/aromatic N) is 3. The minimum Gasteiger partial charge on any atom is -0.465 e. The Balaban J connectivity index is 1.85. The third-order valence-corrected chi connectivity index (χ3v) is 7.83. The van der Waals surface area contributed by atoms with Gasteiger partial charge in [0.15, 0.2) is 5.69 Å². The highest BCUT2D eigenvalue weighted by Gasteiger charge is 2.41. The van der Waals surface area contributed by atoms with Crippen LogP contribution in [0.5, 0.6) is 0 Å². The molecule has 3 aromatic rings. The molecular weight excluding hydrogens is 454 g/mol. The average Bonchev–Trinajstić information content (AvgIpc) is 3.27. The first-order chi connectivity index (χ1) is 17.1. The largest absolute Gasteiger partial charge is 0.465 e. The van der Waals surface area contributed by atoms with Crippen LogP contribution >= 0.6 is 0 Å². The van der Waals surface area contributed by atoms with Crippen molar-refractivity contribution in [2.24, 2.45) is 0 Å². The first-order valence-corrected chi connectivity index (χ1v) is 12.4. The summed E-state index contributed by atoms with van der Waals surface area (Å²) in [6.07, 6.45) is 2.08. The maximum absolute atomic E-state index is 13.2. The Morgan fingerprint density at radius 3 is 1.94 bits per heavy atom. The van der Waals surface area contributed by atoms with Crippen LogP contribution in [-0.2, 0) is 20.3 Å². The Morgan fingerprint density at radius 1 is 0.861 bits per heavy atom. The number of para-hydroxylation sites is 1. The van der Waals surface area contributed by atoms with E-state index in [4.69, 9.17) is 14.6 Å². The highest BCUT2D eigenvalue weighted by atomic mass is 16.5. The van der Waals surface area contributed by atoms with E-state index in [-0.39, 0.29) is 22.1 Å². The third-order valence-electron chi connectivity index (χ3n) is 7.83. The summed E-state index contributed by atoms with van der Waals surface area (Å²) in [7, 11) is 2.61. The first kappa shape index (κ1) is 24.1. The fourth-order valence-corrected chi connectivity index (χ4v) is 5.53. The van der Waals surface area contributed by atoms with E-state index in [1.807, 2.05) is 30.3 Å². The SMILES string of the molecule is COC(=O)c1c(-c2cc3c4c(c2)C(C)(C)CCN4CCC3(C)C)nn(-c2ccccc2)c1C(=O)OC. The quantitative estimate of drug-likeness (QED) is 0.466. The van der Waals surface area contributed by atoms with Crippen LogP contribution in [0.1, 0.15) is 72.5 Å². The van der Waals surface area contributed by atoms with Gasteiger partial charge in [0.05, 0.1) is 19.9 Å². The number of rotatable bonds is 4. The van der Waals surface area contributed by atoms with E-state index in [1.54, 1.807) is 0 Å². The summed E-state index contributed by atoms with van der Waals surface area (Å²) in [5, 5.41) is 4.85. The number of esters is 2. The van der Waals surface area contributed by atoms with Crippen LogP contribution in [0.2, 0.25) is 0 Å². The van der Waals surface area contributed by atoms with Crippen LogP contribution in [0, 0.1) is 0 Å². The molecule has 7 nitrogen and oxygen atoms in total. The molecule has 0 saturated carbocycles. The van der Waals surface area contributed by atoms with Crippen molar-refractivity contribution < 1.29 is 19.1 Å². The van der Waals surface area contributed by atoms with Gasteiger partial charge in [-0.3, -0.25) is 0 Å². The molecular formula is C29H33N3O4. The zero-order valence-corrected chi connectivity index (χ0v) is 21.8. The fraction of sp³-hybridized carbons (Fsp3) is 0.414. The zero-order valence-electron chi connectivity index (χ0n) is 21.8. The van der Waals surface area contributed by atoms with Crippen molar-refractivity contribution in [2.45, 2.75) is 51.4 Å². The molecule has 36 heavy (non-hydrogen) atoms. The molecule has 1 aromatic heterocycles. The molecule has 0 aliphatic carbocycles. The summed E-state index contributed by atoms with van der Waals surface area (Å²) in [4.78, 5) is 28.7. The predicted octanol–water partition coefficient (Wildman–Crippen LogP) is 5.28. The normalized spacial score (nSPS) is 17.3. The number of methoxy groups -OCH3 is 2. The standard InChI is InChI=1S/C29H33N3O4/c1-28(2)12-14-31-15-13-29(3,4)21-17-18(16-20(28)24(21)31)23-22(26(33)35-5)25(27(34)36-6)32(30-23)19-10-8-7-9-11-19/h7-11,16-17H,12-15H2,1-6H3. The van der Waals surface area contributed by atoms with Crippen LogP contribution in [0.4, 0.5) is 5.69 Å². The lowest BCUT2D eigenvalue weighted by Crippen LogP contribution is -2.44. The summed E-state index contributed by atoms with van der Waals surface area (Å²) in [5.74, 6) is -1.27. The van der Waals surface area contributed by atoms with Crippen molar-refractivity contribution in [3.63, 3.8) is 0 Å². The van der Waals surface area contributed by atoms with E-state index in [2.05, 4.69) is 44.7 Å². The van der Waals surface area contributed by atoms with Gasteiger partial charge in [0, 0.05) is 24.3 Å². The molecule has 0 atom stereocenters. The van der Waals surface area contributed by atoms with Gasteiger partial charge in [-0.25, -0.2) is 14.3 Å². The van der Waals surface area contributed by atoms with Crippen LogP contribution in [0.15, 0.2) is 42.5 Å². The van der Waals surface area contributed by atoms with E-state index in [9.17, 15) is 9.59 Å². The van der Waals surface area contributed by atoms with Crippen LogP contribution in [-0.4, -0.2) is 49.0 Å². The number of hydrogen-bond donors (Lipinski definition) is 0. The maximum atomic E-state index is 13.2. The zero-order chi connectivity index (χ0) is 25.8. The number of aromatic nitrogens is 2. The molecule has 0 bridgehead atoms. The van der Waals surface area contributed by atoms with Gasteiger partial charge in [-0.1, -0.05) is 45.9 Å². The molecule has 2 aliphatic heterocycles. The molecule has 3 heterocycles. The lowest BCUT2D eigenvalue weighted by molar-refractivity contribution is 0.0549. The highest BCUT2D eigenvalue weighted by Crippen LogP contribution is 2.50. The first-order valence-electron chi connectivity index (χ1n) is 12.4. The van der Waals surface area contributed by atoms with Crippen molar-refractivity contribution >= 4 is 17.6 Å². The topological polar surface area (TPSA) is 73.7 Å². The Bertz CT molecular complexity index is 1310. The molecule has 0 radical (unpaired) electrons. The van der Waals surface area contributed by atoms with Crippen molar-refractivity contribution in [2.75, 3.05) is 32.2 Å². The summed E-state index contributed by atoms with van der Waals surface area (Å²) >= 11 is 0. The molecule has 0 fully saturated rings. The Kier molecular flexibility index (Phi) is 5.69. The summed E-state index contributed by atoms with van der Waals surface area (Å²) in [6.45, 7) is 11.2. The van der Waals surface area contributed by atoms with E-state index in [1.165, 1.54) is 35.7 Å². The van der Waals surface area contributed by atoms with Gasteiger partial charge in [-0.05, 0) is 59.1 Å². The molecule has 0 amide bonds. The van der Waals surface area contributed by atoms with Gasteiger partial charge in [0.2, 0.25) is 0 Å². The maximum Gasteiger partial charge on any atom is 0.357 e. The lowest BCUT2D eigenvalue weighted by atomic mass is 9.69. The number of anilines is 1. The number of benzene rings is 2. The van der Waals surface area contributed by atoms with Gasteiger partial charge >= 0.3 is 11.9 Å². The number of carbonyl (C=O) groups excluding carboxylic acids is 2. The molecule has 0 saturated heterocycles. The molecule has 2 aromatic carbocycles. The van der Waals surface area contributed by atoms with Crippen molar-refractivity contribution in [1.82, 2.24) is 9.78 Å². The highest BCUT2D eigenvalue weighted by molar-refractivity contribution is 6.07. The monoisotopic (exact) mass is 487 g/mol. The second-order valence-corrected chi connectivity index (χ2v) is 11.0. The van der Waals surface area contributed by atoms with Crippen molar-refractivity contribution in [1.29, 1.82) is 0 Å². The van der Waals surface area contributed by atoms with E-state index >= 15 is 0 Å². The third kappa shape index (κ3) is 3.69. The Hall–Kier alpha value is -3.61. The van der Waals surface area contributed by atoms with Crippen LogP contribution in [0.3, 0.4) is 0 Å². The fourth-order valence-electron chi connectivity index (χ4n) is 5.53. The predicted molar refractivity (Wildman–Crippen MR) is 139 cm³/mol. The van der Waals surface area contributed by atoms with E-state index < -0.39 is 11.9 Å². The Labute approximate surface area is 212 Å². The van der Waals surface area contributed by atoms with Gasteiger partial charge < -0.3 is 14.4 Å². The molecule has 0 unspecified atom stereocenters. The van der Waals surface area contributed by atoms with E-state index in [0.29, 0.717) is 11.4 Å². The van der Waals surface area contributed by atoms with Gasteiger partial charge in [-0.15, -0.1) is 0 Å². The van der Waals surface area contributed by atoms with Crippen molar-refractivity contribution in [3.05, 3.63) is 64.8 Å². The molecule has 0 N–H and O–H groups in total. The minimum atomic E-state index is -0.649. The van der Waals surface area contributed by atoms with E-state index in [0.717, 1.165) is 31.5 Å². The summed E-state index contributed by atoms with van der Waals surface area (Å²) in [6, 6.07) is 13.6. The smallest absolute Gasteiger partial charge is 0.357 e. The van der Waals surface area contributed by atoms with Gasteiger partial charge in [-0.2, -0.15) is 5.10 Å². The second kappa shape index (κ2) is 8.50. The van der Waals surface area contributed by atoms with Gasteiger partial charge in [0.1, 0.15) is 11.3 Å². The molecule has 0 spiro atoms. The van der Waals surface area contributed by atoms with Gasteiger partial charge in [0.25, 0.3) is 0 Å². The minimum absolute atomic E-state index is 0.0391. The molecule has 188 valence electrons. The number of carbonyl (C=O) groups is 2. The average molecular weight is 488 g/mol. The lowest BCUT2D eigenvalue weighted by Gasteiger charge is -2.48. The molecule has 2 aliphatic rings. The summed E-state index contributed by atoms with van der Waals surface area (Å²) < 4.78 is 11.7. The number of hydrogen-bond acceptors (Lipinski definition) is 6. The van der Waals surface area contributed by atoms with Crippen molar-refractivity contribution in [3.8, 4) is 16.9 Å². The number of ether oxygens (including phenoxy) is 2. The van der Waals surface area contributed by atoms with Crippen LogP contribution in [0.25, 0.3) is 16.9 Å². The molecule has 7 heteroatoms. The van der Waals surface area contributed by atoms with Crippen LogP contribution < -0.4 is 4.90 Å². The summed E-state index contributed by atoms with van der Waals surface area (Å²) in [5.41, 5.74) is 5.76. The second-order valence-electron chi connectivity index (χ2n) is 11.0. The Morgan fingerprint density at radius 2 is 1.42 bits per heavy atom. The molecule has 5 rings (SSSR count).